The first-order valence-electron chi connectivity index (χ1n) is 4.80. The molecule has 4 nitrogen and oxygen atoms in total. The molecule has 1 amide bonds. The molecule has 0 saturated carbocycles. The van der Waals surface area contributed by atoms with E-state index in [0.717, 1.165) is 11.9 Å². The van der Waals surface area contributed by atoms with Gasteiger partial charge in [-0.1, -0.05) is 15.9 Å². The van der Waals surface area contributed by atoms with Crippen LogP contribution < -0.4 is 0 Å². The molecule has 1 fully saturated rings. The summed E-state index contributed by atoms with van der Waals surface area (Å²) in [6, 6.07) is 0. The summed E-state index contributed by atoms with van der Waals surface area (Å²) >= 11 is 3.38. The second kappa shape index (κ2) is 6.37. The Balaban J connectivity index is 2.15. The lowest BCUT2D eigenvalue weighted by Crippen LogP contribution is -2.29. The van der Waals surface area contributed by atoms with E-state index in [2.05, 4.69) is 15.9 Å². The maximum Gasteiger partial charge on any atom is 0.223 e. The number of alkyl halides is 1. The van der Waals surface area contributed by atoms with Gasteiger partial charge in [-0.05, 0) is 5.92 Å². The highest BCUT2D eigenvalue weighted by atomic mass is 79.9. The van der Waals surface area contributed by atoms with Gasteiger partial charge < -0.3 is 14.7 Å². The van der Waals surface area contributed by atoms with Crippen LogP contribution in [0.2, 0.25) is 0 Å². The largest absolute Gasteiger partial charge is 0.394 e. The highest BCUT2D eigenvalue weighted by Crippen LogP contribution is 2.18. The Labute approximate surface area is 92.3 Å². The van der Waals surface area contributed by atoms with Crippen molar-refractivity contribution in [2.45, 2.75) is 6.42 Å². The fourth-order valence-corrected chi connectivity index (χ4v) is 1.95. The first kappa shape index (κ1) is 11.9. The normalized spacial score (nSPS) is 22.0. The van der Waals surface area contributed by atoms with Gasteiger partial charge >= 0.3 is 0 Å². The Morgan fingerprint density at radius 1 is 1.57 bits per heavy atom. The molecule has 14 heavy (non-hydrogen) atoms. The molecule has 1 aliphatic rings. The fraction of sp³-hybridized carbons (Fsp3) is 0.889. The van der Waals surface area contributed by atoms with Crippen molar-refractivity contribution in [3.63, 3.8) is 0 Å². The number of carbonyl (C=O) groups excluding carboxylic acids is 1. The minimum atomic E-state index is 0.0397. The van der Waals surface area contributed by atoms with Gasteiger partial charge in [0.15, 0.2) is 0 Å². The van der Waals surface area contributed by atoms with E-state index in [1.54, 1.807) is 0 Å². The Bertz CT molecular complexity index is 189. The zero-order chi connectivity index (χ0) is 10.4. The van der Waals surface area contributed by atoms with Gasteiger partial charge in [-0.2, -0.15) is 0 Å². The van der Waals surface area contributed by atoms with Crippen LogP contribution in [0.4, 0.5) is 0 Å². The third-order valence-electron chi connectivity index (χ3n) is 2.25. The quantitative estimate of drug-likeness (QED) is 0.553. The van der Waals surface area contributed by atoms with Crippen LogP contribution in [0.15, 0.2) is 0 Å². The molecule has 1 heterocycles. The lowest BCUT2D eigenvalue weighted by molar-refractivity contribution is -0.128. The van der Waals surface area contributed by atoms with E-state index in [9.17, 15) is 4.79 Å². The Hall–Kier alpha value is -0.130. The zero-order valence-corrected chi connectivity index (χ0v) is 9.70. The van der Waals surface area contributed by atoms with Gasteiger partial charge in [0.05, 0.1) is 19.8 Å². The van der Waals surface area contributed by atoms with E-state index < -0.39 is 0 Å². The van der Waals surface area contributed by atoms with Gasteiger partial charge in [-0.15, -0.1) is 0 Å². The summed E-state index contributed by atoms with van der Waals surface area (Å²) < 4.78 is 5.11. The predicted octanol–water partition coefficient (Wildman–Crippen LogP) is 0.239. The van der Waals surface area contributed by atoms with Crippen LogP contribution in [0, 0.1) is 5.92 Å². The van der Waals surface area contributed by atoms with Crippen molar-refractivity contribution in [2.24, 2.45) is 5.92 Å². The van der Waals surface area contributed by atoms with E-state index in [1.165, 1.54) is 0 Å². The lowest BCUT2D eigenvalue weighted by Gasteiger charge is -2.15. The lowest BCUT2D eigenvalue weighted by atomic mass is 10.2. The summed E-state index contributed by atoms with van der Waals surface area (Å²) in [4.78, 5) is 13.2. The number of nitrogens with zero attached hydrogens (tertiary/aromatic N) is 1. The van der Waals surface area contributed by atoms with E-state index >= 15 is 0 Å². The minimum absolute atomic E-state index is 0.0397. The molecule has 0 aromatic rings. The van der Waals surface area contributed by atoms with Crippen LogP contribution in [0.25, 0.3) is 0 Å². The minimum Gasteiger partial charge on any atom is -0.394 e. The van der Waals surface area contributed by atoms with E-state index in [4.69, 9.17) is 9.84 Å². The number of likely N-dealkylation sites (tertiary alicyclic amines) is 1. The number of carbonyl (C=O) groups is 1. The van der Waals surface area contributed by atoms with Gasteiger partial charge in [-0.25, -0.2) is 0 Å². The molecule has 5 heteroatoms. The molecule has 0 bridgehead atoms. The van der Waals surface area contributed by atoms with Gasteiger partial charge in [0.1, 0.15) is 0 Å². The maximum absolute atomic E-state index is 11.4. The molecule has 82 valence electrons. The molecule has 0 aromatic carbocycles. The summed E-state index contributed by atoms with van der Waals surface area (Å²) in [6.45, 7) is 2.37. The molecule has 1 aliphatic heterocycles. The summed E-state index contributed by atoms with van der Waals surface area (Å²) in [5.74, 6) is 0.655. The molecule has 0 aromatic heterocycles. The first-order valence-corrected chi connectivity index (χ1v) is 5.92. The average Bonchev–Trinajstić information content (AvgIpc) is 2.54. The molecule has 1 rings (SSSR count). The molecular formula is C9H16BrNO3. The summed E-state index contributed by atoms with van der Waals surface area (Å²) in [7, 11) is 0. The van der Waals surface area contributed by atoms with Crippen molar-refractivity contribution >= 4 is 21.8 Å². The van der Waals surface area contributed by atoms with Gasteiger partial charge in [0.2, 0.25) is 5.91 Å². The van der Waals surface area contributed by atoms with Crippen molar-refractivity contribution in [3.8, 4) is 0 Å². The number of aliphatic hydroxyl groups excluding tert-OH is 1. The summed E-state index contributed by atoms with van der Waals surface area (Å²) in [6.07, 6.45) is 0.644. The third kappa shape index (κ3) is 3.55. The van der Waals surface area contributed by atoms with Gasteiger partial charge in [-0.3, -0.25) is 4.79 Å². The zero-order valence-electron chi connectivity index (χ0n) is 8.12. The number of hydrogen-bond acceptors (Lipinski definition) is 3. The van der Waals surface area contributed by atoms with E-state index in [0.29, 0.717) is 32.1 Å². The van der Waals surface area contributed by atoms with Crippen LogP contribution in [0.1, 0.15) is 6.42 Å². The van der Waals surface area contributed by atoms with E-state index in [-0.39, 0.29) is 12.5 Å². The Morgan fingerprint density at radius 2 is 2.36 bits per heavy atom. The topological polar surface area (TPSA) is 49.8 Å². The van der Waals surface area contributed by atoms with E-state index in [1.807, 2.05) is 4.90 Å². The standard InChI is InChI=1S/C9H16BrNO3/c10-6-8-5-9(13)11(7-8)1-3-14-4-2-12/h8,12H,1-7H2. The molecular weight excluding hydrogens is 250 g/mol. The highest BCUT2D eigenvalue weighted by molar-refractivity contribution is 9.09. The van der Waals surface area contributed by atoms with Crippen molar-refractivity contribution in [1.82, 2.24) is 4.90 Å². The molecule has 0 radical (unpaired) electrons. The van der Waals surface area contributed by atoms with Gasteiger partial charge in [0, 0.05) is 24.8 Å². The molecule has 1 atom stereocenters. The molecule has 1 unspecified atom stereocenters. The maximum atomic E-state index is 11.4. The second-order valence-electron chi connectivity index (χ2n) is 3.40. The first-order chi connectivity index (χ1) is 6.77. The number of hydrogen-bond donors (Lipinski definition) is 1. The smallest absolute Gasteiger partial charge is 0.223 e. The summed E-state index contributed by atoms with van der Waals surface area (Å²) in [5, 5.41) is 9.36. The van der Waals surface area contributed by atoms with Crippen molar-refractivity contribution in [2.75, 3.05) is 38.2 Å². The van der Waals surface area contributed by atoms with Crippen LogP contribution >= 0.6 is 15.9 Å². The van der Waals surface area contributed by atoms with Crippen LogP contribution in [-0.2, 0) is 9.53 Å². The second-order valence-corrected chi connectivity index (χ2v) is 4.05. The predicted molar refractivity (Wildman–Crippen MR) is 56.4 cm³/mol. The Kier molecular flexibility index (Phi) is 5.44. The van der Waals surface area contributed by atoms with Crippen molar-refractivity contribution < 1.29 is 14.6 Å². The molecule has 0 spiro atoms. The van der Waals surface area contributed by atoms with Crippen molar-refractivity contribution in [1.29, 1.82) is 0 Å². The number of aliphatic hydroxyl groups is 1. The summed E-state index contributed by atoms with van der Waals surface area (Å²) in [5.41, 5.74) is 0. The molecule has 1 N–H and O–H groups in total. The molecule has 1 saturated heterocycles. The van der Waals surface area contributed by atoms with Crippen LogP contribution in [0.5, 0.6) is 0 Å². The number of halogens is 1. The fourth-order valence-electron chi connectivity index (χ4n) is 1.51. The Morgan fingerprint density at radius 3 is 2.93 bits per heavy atom. The van der Waals surface area contributed by atoms with Crippen LogP contribution in [-0.4, -0.2) is 54.2 Å². The number of rotatable bonds is 6. The number of amides is 1. The van der Waals surface area contributed by atoms with Crippen LogP contribution in [0.3, 0.4) is 0 Å². The van der Waals surface area contributed by atoms with Gasteiger partial charge in [0.25, 0.3) is 0 Å². The third-order valence-corrected chi connectivity index (χ3v) is 3.17. The van der Waals surface area contributed by atoms with Crippen molar-refractivity contribution in [3.05, 3.63) is 0 Å². The monoisotopic (exact) mass is 265 g/mol. The SMILES string of the molecule is O=C1CC(CBr)CN1CCOCCO. The molecule has 0 aliphatic carbocycles. The highest BCUT2D eigenvalue weighted by Gasteiger charge is 2.27. The number of ether oxygens (including phenoxy) is 1. The average molecular weight is 266 g/mol.